The molecule has 1 saturated heterocycles. The van der Waals surface area contributed by atoms with Crippen molar-refractivity contribution in [1.29, 1.82) is 0 Å². The smallest absolute Gasteiger partial charge is 0.261 e. The van der Waals surface area contributed by atoms with Crippen LogP contribution in [0.4, 0.5) is 5.69 Å². The molecule has 0 bridgehead atoms. The third-order valence-corrected chi connectivity index (χ3v) is 7.66. The van der Waals surface area contributed by atoms with E-state index in [0.29, 0.717) is 12.3 Å². The van der Waals surface area contributed by atoms with Crippen molar-refractivity contribution in [3.8, 4) is 5.75 Å². The largest absolute Gasteiger partial charge is 0.497 e. The van der Waals surface area contributed by atoms with Gasteiger partial charge in [0, 0.05) is 12.2 Å². The summed E-state index contributed by atoms with van der Waals surface area (Å²) < 4.78 is 5.32. The van der Waals surface area contributed by atoms with Crippen LogP contribution in [0.1, 0.15) is 75.1 Å². The zero-order chi connectivity index (χ0) is 25.8. The number of hydrazine groups is 1. The lowest BCUT2D eigenvalue weighted by atomic mass is 9.87. The molecule has 2 aliphatic rings. The predicted octanol–water partition coefficient (Wildman–Crippen LogP) is 6.05. The van der Waals surface area contributed by atoms with Crippen LogP contribution in [0.2, 0.25) is 0 Å². The lowest BCUT2D eigenvalue weighted by Gasteiger charge is -2.54. The van der Waals surface area contributed by atoms with E-state index in [9.17, 15) is 9.59 Å². The molecule has 1 N–H and O–H groups in total. The second-order valence-corrected chi connectivity index (χ2v) is 10.9. The number of carbonyl (C=O) groups is 2. The predicted molar refractivity (Wildman–Crippen MR) is 144 cm³/mol. The summed E-state index contributed by atoms with van der Waals surface area (Å²) in [5.41, 5.74) is 3.84. The second kappa shape index (κ2) is 11.5. The highest BCUT2D eigenvalue weighted by Gasteiger charge is 2.51. The Labute approximate surface area is 216 Å². The number of para-hydroxylation sites is 1. The molecule has 2 aromatic rings. The number of ether oxygens (including phenoxy) is 1. The van der Waals surface area contributed by atoms with Crippen molar-refractivity contribution in [1.82, 2.24) is 10.0 Å². The Hall–Kier alpha value is -2.86. The maximum atomic E-state index is 13.8. The standard InChI is InChI=1S/C30H41N3O3/c1-20(2)18-26(29(34)31-27-21(3)10-9-11-22(27)4)33-30(35)28(24-14-16-25(36-5)17-15-24)32(33)19-23-12-7-6-8-13-23/h9-11,14-17,20,23,26,28H,6-8,12-13,18-19H2,1-5H3,(H,31,34). The number of benzene rings is 2. The lowest BCUT2D eigenvalue weighted by molar-refractivity contribution is -0.211. The van der Waals surface area contributed by atoms with Gasteiger partial charge in [-0.1, -0.05) is 63.4 Å². The highest BCUT2D eigenvalue weighted by atomic mass is 16.5. The van der Waals surface area contributed by atoms with Crippen LogP contribution in [0.3, 0.4) is 0 Å². The third-order valence-electron chi connectivity index (χ3n) is 7.66. The molecule has 36 heavy (non-hydrogen) atoms. The van der Waals surface area contributed by atoms with Gasteiger partial charge in [-0.3, -0.25) is 14.6 Å². The van der Waals surface area contributed by atoms with E-state index in [-0.39, 0.29) is 23.8 Å². The Morgan fingerprint density at radius 1 is 1.03 bits per heavy atom. The van der Waals surface area contributed by atoms with Gasteiger partial charge in [0.2, 0.25) is 5.91 Å². The summed E-state index contributed by atoms with van der Waals surface area (Å²) in [6, 6.07) is 12.9. The fourth-order valence-electron chi connectivity index (χ4n) is 5.69. The van der Waals surface area contributed by atoms with E-state index in [1.54, 1.807) is 12.1 Å². The number of anilines is 1. The number of nitrogens with one attached hydrogen (secondary N) is 1. The van der Waals surface area contributed by atoms with E-state index in [2.05, 4.69) is 24.2 Å². The number of rotatable bonds is 9. The van der Waals surface area contributed by atoms with Gasteiger partial charge in [-0.15, -0.1) is 0 Å². The molecule has 194 valence electrons. The molecule has 0 spiro atoms. The Balaban J connectivity index is 1.63. The Bertz CT molecular complexity index is 1040. The van der Waals surface area contributed by atoms with Gasteiger partial charge in [-0.2, -0.15) is 0 Å². The van der Waals surface area contributed by atoms with E-state index < -0.39 is 6.04 Å². The van der Waals surface area contributed by atoms with Crippen molar-refractivity contribution in [2.24, 2.45) is 11.8 Å². The molecule has 1 aliphatic heterocycles. The van der Waals surface area contributed by atoms with Crippen LogP contribution < -0.4 is 10.1 Å². The average Bonchev–Trinajstić information content (AvgIpc) is 2.86. The van der Waals surface area contributed by atoms with E-state index in [1.165, 1.54) is 32.1 Å². The number of amides is 2. The number of hydrogen-bond donors (Lipinski definition) is 1. The van der Waals surface area contributed by atoms with Gasteiger partial charge in [-0.25, -0.2) is 5.01 Å². The first-order valence-electron chi connectivity index (χ1n) is 13.4. The summed E-state index contributed by atoms with van der Waals surface area (Å²) in [5, 5.41) is 7.12. The van der Waals surface area contributed by atoms with E-state index >= 15 is 0 Å². The van der Waals surface area contributed by atoms with Crippen LogP contribution in [-0.4, -0.2) is 41.5 Å². The SMILES string of the molecule is COc1ccc(C2C(=O)N(C(CC(C)C)C(=O)Nc3c(C)cccc3C)N2CC2CCCCC2)cc1. The second-order valence-electron chi connectivity index (χ2n) is 10.9. The average molecular weight is 492 g/mol. The molecule has 0 radical (unpaired) electrons. The molecule has 2 aromatic carbocycles. The van der Waals surface area contributed by atoms with Gasteiger partial charge < -0.3 is 10.1 Å². The van der Waals surface area contributed by atoms with Crippen LogP contribution in [0.5, 0.6) is 5.75 Å². The van der Waals surface area contributed by atoms with Crippen molar-refractivity contribution in [3.63, 3.8) is 0 Å². The summed E-state index contributed by atoms with van der Waals surface area (Å²) >= 11 is 0. The van der Waals surface area contributed by atoms with Gasteiger partial charge in [0.25, 0.3) is 5.91 Å². The molecule has 1 saturated carbocycles. The van der Waals surface area contributed by atoms with Crippen LogP contribution in [0.15, 0.2) is 42.5 Å². The summed E-state index contributed by atoms with van der Waals surface area (Å²) in [6.45, 7) is 9.02. The third kappa shape index (κ3) is 5.59. The maximum absolute atomic E-state index is 13.8. The minimum atomic E-state index is -0.547. The highest BCUT2D eigenvalue weighted by molar-refractivity contribution is 6.00. The number of aryl methyl sites for hydroxylation is 2. The van der Waals surface area contributed by atoms with Gasteiger partial charge in [-0.05, 0) is 73.8 Å². The molecule has 2 fully saturated rings. The topological polar surface area (TPSA) is 61.9 Å². The number of hydrogen-bond acceptors (Lipinski definition) is 4. The van der Waals surface area contributed by atoms with Crippen LogP contribution in [0, 0.1) is 25.7 Å². The fraction of sp³-hybridized carbons (Fsp3) is 0.533. The minimum Gasteiger partial charge on any atom is -0.497 e. The van der Waals surface area contributed by atoms with Crippen LogP contribution >= 0.6 is 0 Å². The first kappa shape index (κ1) is 26.2. The summed E-state index contributed by atoms with van der Waals surface area (Å²) in [7, 11) is 1.64. The van der Waals surface area contributed by atoms with Crippen molar-refractivity contribution in [2.45, 2.75) is 78.3 Å². The maximum Gasteiger partial charge on any atom is 0.261 e. The van der Waals surface area contributed by atoms with Gasteiger partial charge in [0.05, 0.1) is 7.11 Å². The monoisotopic (exact) mass is 491 g/mol. The number of carbonyl (C=O) groups excluding carboxylic acids is 2. The number of methoxy groups -OCH3 is 1. The molecule has 6 nitrogen and oxygen atoms in total. The van der Waals surface area contributed by atoms with Gasteiger partial charge in [0.15, 0.2) is 0 Å². The highest BCUT2D eigenvalue weighted by Crippen LogP contribution is 2.40. The molecule has 2 amide bonds. The van der Waals surface area contributed by atoms with Crippen molar-refractivity contribution >= 4 is 17.5 Å². The first-order valence-corrected chi connectivity index (χ1v) is 13.4. The quantitative estimate of drug-likeness (QED) is 0.464. The molecule has 6 heteroatoms. The Morgan fingerprint density at radius 2 is 1.67 bits per heavy atom. The van der Waals surface area contributed by atoms with E-state index in [0.717, 1.165) is 34.7 Å². The minimum absolute atomic E-state index is 0.00159. The Kier molecular flexibility index (Phi) is 8.35. The molecule has 4 rings (SSSR count). The molecule has 2 atom stereocenters. The van der Waals surface area contributed by atoms with E-state index in [4.69, 9.17) is 4.74 Å². The molecule has 0 aromatic heterocycles. The fourth-order valence-corrected chi connectivity index (χ4v) is 5.69. The summed E-state index contributed by atoms with van der Waals surface area (Å²) in [6.07, 6.45) is 6.73. The summed E-state index contributed by atoms with van der Waals surface area (Å²) in [5.74, 6) is 1.46. The lowest BCUT2D eigenvalue weighted by Crippen LogP contribution is -2.69. The van der Waals surface area contributed by atoms with Gasteiger partial charge in [0.1, 0.15) is 17.8 Å². The first-order chi connectivity index (χ1) is 17.3. The molecule has 1 aliphatic carbocycles. The molecular weight excluding hydrogens is 450 g/mol. The van der Waals surface area contributed by atoms with Gasteiger partial charge >= 0.3 is 0 Å². The van der Waals surface area contributed by atoms with Crippen molar-refractivity contribution < 1.29 is 14.3 Å². The molecular formula is C30H41N3O3. The molecule has 1 heterocycles. The van der Waals surface area contributed by atoms with Crippen molar-refractivity contribution in [2.75, 3.05) is 19.0 Å². The van der Waals surface area contributed by atoms with Crippen LogP contribution in [0.25, 0.3) is 0 Å². The van der Waals surface area contributed by atoms with Crippen molar-refractivity contribution in [3.05, 3.63) is 59.2 Å². The number of nitrogens with zero attached hydrogens (tertiary/aromatic N) is 2. The zero-order valence-corrected chi connectivity index (χ0v) is 22.4. The normalized spacial score (nSPS) is 19.8. The Morgan fingerprint density at radius 3 is 2.25 bits per heavy atom. The zero-order valence-electron chi connectivity index (χ0n) is 22.4. The molecule has 2 unspecified atom stereocenters. The summed E-state index contributed by atoms with van der Waals surface area (Å²) in [4.78, 5) is 27.5. The van der Waals surface area contributed by atoms with Crippen LogP contribution in [-0.2, 0) is 9.59 Å². The van der Waals surface area contributed by atoms with E-state index in [1.807, 2.05) is 56.3 Å².